The van der Waals surface area contributed by atoms with Crippen molar-refractivity contribution in [3.63, 3.8) is 0 Å². The van der Waals surface area contributed by atoms with Gasteiger partial charge < -0.3 is 4.74 Å². The van der Waals surface area contributed by atoms with Gasteiger partial charge in [0.2, 0.25) is 0 Å². The van der Waals surface area contributed by atoms with E-state index >= 15 is 0 Å². The van der Waals surface area contributed by atoms with E-state index in [0.29, 0.717) is 6.42 Å². The van der Waals surface area contributed by atoms with Crippen molar-refractivity contribution in [3.05, 3.63) is 65.2 Å². The zero-order valence-electron chi connectivity index (χ0n) is 17.7. The Labute approximate surface area is 181 Å². The van der Waals surface area contributed by atoms with Crippen LogP contribution in [0.4, 0.5) is 0 Å². The van der Waals surface area contributed by atoms with E-state index in [1.165, 1.54) is 37.3 Å². The van der Waals surface area contributed by atoms with Crippen molar-refractivity contribution < 1.29 is 33.7 Å². The lowest BCUT2D eigenvalue weighted by atomic mass is 10.0. The Hall–Kier alpha value is -3.48. The fraction of sp³-hybridized carbons (Fsp3) is 0.333. The molecule has 0 heterocycles. The van der Waals surface area contributed by atoms with Crippen LogP contribution in [-0.4, -0.2) is 23.7 Å². The highest BCUT2D eigenvalue weighted by Gasteiger charge is 2.21. The van der Waals surface area contributed by atoms with Crippen LogP contribution < -0.4 is 4.74 Å². The molecule has 31 heavy (non-hydrogen) atoms. The molecule has 2 aromatic carbocycles. The number of rotatable bonds is 10. The molecule has 0 N–H and O–H groups in total. The van der Waals surface area contributed by atoms with Crippen molar-refractivity contribution >= 4 is 23.7 Å². The minimum Gasteiger partial charge on any atom is -0.426 e. The van der Waals surface area contributed by atoms with Gasteiger partial charge in [0.15, 0.2) is 5.78 Å². The molecule has 0 aliphatic rings. The molecule has 0 saturated heterocycles. The fourth-order valence-corrected chi connectivity index (χ4v) is 2.88. The second kappa shape index (κ2) is 12.3. The van der Waals surface area contributed by atoms with Gasteiger partial charge in [0.1, 0.15) is 11.3 Å². The van der Waals surface area contributed by atoms with Crippen molar-refractivity contribution in [1.29, 1.82) is 0 Å². The highest BCUT2D eigenvalue weighted by molar-refractivity contribution is 6.01. The molecular weight excluding hydrogens is 400 g/mol. The van der Waals surface area contributed by atoms with Crippen molar-refractivity contribution in [2.45, 2.75) is 52.4 Å². The maximum absolute atomic E-state index is 12.5. The summed E-state index contributed by atoms with van der Waals surface area (Å²) in [5.41, 5.74) is 0.295. The Morgan fingerprint density at radius 1 is 0.774 bits per heavy atom. The first kappa shape index (κ1) is 23.8. The van der Waals surface area contributed by atoms with Gasteiger partial charge in [-0.3, -0.25) is 9.59 Å². The van der Waals surface area contributed by atoms with E-state index in [2.05, 4.69) is 16.7 Å². The van der Waals surface area contributed by atoms with Crippen LogP contribution in [0.3, 0.4) is 0 Å². The molecule has 0 amide bonds. The normalized spacial score (nSPS) is 10.3. The van der Waals surface area contributed by atoms with Gasteiger partial charge in [-0.15, -0.1) is 0 Å². The number of ether oxygens (including phenoxy) is 1. The lowest BCUT2D eigenvalue weighted by molar-refractivity contribution is -0.187. The summed E-state index contributed by atoms with van der Waals surface area (Å²) >= 11 is 0. The van der Waals surface area contributed by atoms with Crippen LogP contribution in [-0.2, 0) is 14.6 Å². The first-order chi connectivity index (χ1) is 14.9. The molecule has 0 atom stereocenters. The molecule has 0 fully saturated rings. The SMILES string of the molecule is CCCCCCCC(=O)c1ccc(OC(C)=O)c(C(=O)OOC(=O)c2ccccc2)c1. The summed E-state index contributed by atoms with van der Waals surface area (Å²) in [6.45, 7) is 3.30. The Morgan fingerprint density at radius 2 is 1.45 bits per heavy atom. The van der Waals surface area contributed by atoms with Gasteiger partial charge in [-0.05, 0) is 36.8 Å². The van der Waals surface area contributed by atoms with Crippen molar-refractivity contribution in [2.75, 3.05) is 0 Å². The van der Waals surface area contributed by atoms with E-state index in [-0.39, 0.29) is 28.2 Å². The van der Waals surface area contributed by atoms with Crippen LogP contribution in [0.5, 0.6) is 5.75 Å². The topological polar surface area (TPSA) is 96.0 Å². The Morgan fingerprint density at radius 3 is 2.13 bits per heavy atom. The van der Waals surface area contributed by atoms with Crippen LogP contribution in [0, 0.1) is 0 Å². The predicted octanol–water partition coefficient (Wildman–Crippen LogP) is 5.08. The molecule has 0 unspecified atom stereocenters. The Kier molecular flexibility index (Phi) is 9.42. The number of carbonyl (C=O) groups is 4. The monoisotopic (exact) mass is 426 g/mol. The molecule has 2 rings (SSSR count). The zero-order valence-corrected chi connectivity index (χ0v) is 17.7. The maximum Gasteiger partial charge on any atom is 0.390 e. The molecule has 2 aromatic rings. The average molecular weight is 426 g/mol. The molecule has 7 nitrogen and oxygen atoms in total. The van der Waals surface area contributed by atoms with Crippen molar-refractivity contribution in [2.24, 2.45) is 0 Å². The molecule has 0 aliphatic carbocycles. The van der Waals surface area contributed by atoms with Gasteiger partial charge in [-0.2, -0.15) is 0 Å². The van der Waals surface area contributed by atoms with Crippen LogP contribution in [0.2, 0.25) is 0 Å². The first-order valence-electron chi connectivity index (χ1n) is 10.3. The summed E-state index contributed by atoms with van der Waals surface area (Å²) in [6.07, 6.45) is 5.36. The van der Waals surface area contributed by atoms with E-state index in [4.69, 9.17) is 4.74 Å². The second-order valence-corrected chi connectivity index (χ2v) is 7.00. The number of benzene rings is 2. The van der Waals surface area contributed by atoms with Gasteiger partial charge in [-0.25, -0.2) is 19.4 Å². The lowest BCUT2D eigenvalue weighted by Crippen LogP contribution is -2.15. The molecule has 0 bridgehead atoms. The highest BCUT2D eigenvalue weighted by Crippen LogP contribution is 2.23. The Balaban J connectivity index is 2.09. The third kappa shape index (κ3) is 7.70. The summed E-state index contributed by atoms with van der Waals surface area (Å²) in [6, 6.07) is 12.1. The molecule has 0 aromatic heterocycles. The van der Waals surface area contributed by atoms with E-state index in [1.807, 2.05) is 0 Å². The van der Waals surface area contributed by atoms with Gasteiger partial charge in [0.05, 0.1) is 5.56 Å². The van der Waals surface area contributed by atoms with E-state index in [0.717, 1.165) is 32.1 Å². The van der Waals surface area contributed by atoms with Crippen LogP contribution in [0.15, 0.2) is 48.5 Å². The number of ketones is 1. The molecular formula is C24H26O7. The number of carbonyl (C=O) groups excluding carboxylic acids is 4. The minimum absolute atomic E-state index is 0.0900. The van der Waals surface area contributed by atoms with Gasteiger partial charge >= 0.3 is 17.9 Å². The highest BCUT2D eigenvalue weighted by atomic mass is 17.2. The molecule has 164 valence electrons. The second-order valence-electron chi connectivity index (χ2n) is 7.00. The van der Waals surface area contributed by atoms with Gasteiger partial charge in [0, 0.05) is 18.9 Å². The van der Waals surface area contributed by atoms with Gasteiger partial charge in [-0.1, -0.05) is 50.8 Å². The van der Waals surface area contributed by atoms with Crippen molar-refractivity contribution in [3.8, 4) is 5.75 Å². The van der Waals surface area contributed by atoms with Crippen molar-refractivity contribution in [1.82, 2.24) is 0 Å². The molecule has 7 heteroatoms. The van der Waals surface area contributed by atoms with E-state index in [9.17, 15) is 19.2 Å². The molecule has 0 radical (unpaired) electrons. The summed E-state index contributed by atoms with van der Waals surface area (Å²) in [4.78, 5) is 57.5. The zero-order chi connectivity index (χ0) is 22.6. The number of hydrogen-bond donors (Lipinski definition) is 0. The summed E-state index contributed by atoms with van der Waals surface area (Å²) in [5.74, 6) is -2.79. The summed E-state index contributed by atoms with van der Waals surface area (Å²) in [5, 5.41) is 0. The Bertz CT molecular complexity index is 919. The largest absolute Gasteiger partial charge is 0.426 e. The quantitative estimate of drug-likeness (QED) is 0.130. The number of unbranched alkanes of at least 4 members (excludes halogenated alkanes) is 4. The molecule has 0 aliphatic heterocycles. The van der Waals surface area contributed by atoms with E-state index < -0.39 is 17.9 Å². The first-order valence-corrected chi connectivity index (χ1v) is 10.3. The summed E-state index contributed by atoms with van der Waals surface area (Å²) in [7, 11) is 0. The molecule has 0 saturated carbocycles. The average Bonchev–Trinajstić information content (AvgIpc) is 2.77. The van der Waals surface area contributed by atoms with Crippen LogP contribution in [0.25, 0.3) is 0 Å². The third-order valence-electron chi connectivity index (χ3n) is 4.49. The number of esters is 1. The van der Waals surface area contributed by atoms with E-state index in [1.54, 1.807) is 18.2 Å². The fourth-order valence-electron chi connectivity index (χ4n) is 2.88. The lowest BCUT2D eigenvalue weighted by Gasteiger charge is -2.10. The number of hydrogen-bond acceptors (Lipinski definition) is 7. The minimum atomic E-state index is -1.06. The molecule has 0 spiro atoms. The standard InChI is InChI=1S/C24H26O7/c1-3-4-5-6-10-13-21(26)19-14-15-22(29-17(2)25)20(16-19)24(28)31-30-23(27)18-11-8-7-9-12-18/h7-9,11-12,14-16H,3-6,10,13H2,1-2H3. The predicted molar refractivity (Wildman–Crippen MR) is 113 cm³/mol. The number of Topliss-reactive ketones (excluding diaryl/α,β-unsaturated/α-hetero) is 1. The van der Waals surface area contributed by atoms with Crippen LogP contribution >= 0.6 is 0 Å². The smallest absolute Gasteiger partial charge is 0.390 e. The summed E-state index contributed by atoms with van der Waals surface area (Å²) < 4.78 is 5.03. The van der Waals surface area contributed by atoms with Crippen LogP contribution in [0.1, 0.15) is 83.4 Å². The van der Waals surface area contributed by atoms with Gasteiger partial charge in [0.25, 0.3) is 0 Å². The third-order valence-corrected chi connectivity index (χ3v) is 4.49. The maximum atomic E-state index is 12.5.